The Morgan fingerprint density at radius 1 is 0.384 bits per heavy atom. The van der Waals surface area contributed by atoms with E-state index in [2.05, 4.69) is 370 Å². The molecule has 12 heteroatoms. The molecular formula is C87H117AlGaInN9+3. The van der Waals surface area contributed by atoms with Crippen molar-refractivity contribution in [1.82, 2.24) is 9.38 Å². The summed E-state index contributed by atoms with van der Waals surface area (Å²) in [6, 6.07) is 36.0. The van der Waals surface area contributed by atoms with E-state index in [9.17, 15) is 0 Å². The van der Waals surface area contributed by atoms with Crippen LogP contribution in [0.2, 0.25) is 0 Å². The normalized spacial score (nSPS) is 15.3. The molecule has 516 valence electrons. The van der Waals surface area contributed by atoms with Gasteiger partial charge < -0.3 is 7.43 Å². The van der Waals surface area contributed by atoms with E-state index >= 15 is 0 Å². The van der Waals surface area contributed by atoms with E-state index in [1.54, 1.807) is 34.1 Å². The minimum atomic E-state index is -2.76. The van der Waals surface area contributed by atoms with Gasteiger partial charge in [0.25, 0.3) is 5.82 Å². The first kappa shape index (κ1) is 71.8. The van der Waals surface area contributed by atoms with Crippen molar-refractivity contribution in [2.75, 3.05) is 31.5 Å². The van der Waals surface area contributed by atoms with Gasteiger partial charge in [-0.2, -0.15) is 0 Å². The maximum absolute atomic E-state index is 2.76. The second-order valence-electron chi connectivity index (χ2n) is 39.6. The van der Waals surface area contributed by atoms with Crippen LogP contribution < -0.4 is 35.9 Å². The topological polar surface area (TPSA) is 36.1 Å². The van der Waals surface area contributed by atoms with Gasteiger partial charge in [-0.15, -0.1) is 0 Å². The molecule has 99 heavy (non-hydrogen) atoms. The molecule has 0 bridgehead atoms. The Balaban J connectivity index is 0.000000133. The fourth-order valence-corrected chi connectivity index (χ4v) is 40.2. The molecule has 15 rings (SSSR count). The molecule has 6 aliphatic heterocycles. The number of imidazole rings is 3. The summed E-state index contributed by atoms with van der Waals surface area (Å²) >= 11 is -6.99. The van der Waals surface area contributed by atoms with Crippen molar-refractivity contribution in [3.05, 3.63) is 195 Å². The molecule has 0 unspecified atom stereocenters. The Morgan fingerprint density at radius 2 is 0.747 bits per heavy atom. The van der Waals surface area contributed by atoms with E-state index in [1.165, 1.54) is 95.7 Å². The van der Waals surface area contributed by atoms with Crippen LogP contribution in [0.5, 0.6) is 0 Å². The van der Waals surface area contributed by atoms with E-state index in [0.29, 0.717) is 0 Å². The Bertz CT molecular complexity index is 4160. The quantitative estimate of drug-likeness (QED) is 0.131. The molecule has 3 aromatic heterocycles. The first-order chi connectivity index (χ1) is 45.6. The molecular weight excluding hydrogens is 1380 g/mol. The van der Waals surface area contributed by atoms with Gasteiger partial charge in [-0.25, -0.2) is 4.57 Å². The third-order valence-electron chi connectivity index (χ3n) is 22.6. The molecule has 9 nitrogen and oxygen atoms in total. The zero-order valence-electron chi connectivity index (χ0n) is 66.5. The third kappa shape index (κ3) is 12.1. The van der Waals surface area contributed by atoms with Gasteiger partial charge in [0, 0.05) is 11.3 Å². The third-order valence-corrected chi connectivity index (χ3v) is 41.1. The van der Waals surface area contributed by atoms with Crippen LogP contribution in [0, 0.1) is 0 Å². The summed E-state index contributed by atoms with van der Waals surface area (Å²) in [6.45, 7) is 67.3. The zero-order chi connectivity index (χ0) is 72.3. The van der Waals surface area contributed by atoms with Crippen LogP contribution in [0.1, 0.15) is 254 Å². The van der Waals surface area contributed by atoms with Crippen molar-refractivity contribution in [2.24, 2.45) is 0 Å². The molecule has 0 amide bonds. The van der Waals surface area contributed by atoms with Gasteiger partial charge >= 0.3 is 431 Å². The van der Waals surface area contributed by atoms with Crippen molar-refractivity contribution in [3.63, 3.8) is 0 Å². The monoisotopic (exact) mass is 1500 g/mol. The summed E-state index contributed by atoms with van der Waals surface area (Å²) in [6.07, 6.45) is 14.1. The first-order valence-corrected chi connectivity index (χ1v) is 46.6. The molecule has 0 saturated heterocycles. The Morgan fingerprint density at radius 3 is 1.19 bits per heavy atom. The Kier molecular flexibility index (Phi) is 17.2. The van der Waals surface area contributed by atoms with Crippen LogP contribution in [0.4, 0.5) is 17.1 Å². The number of aromatic nitrogens is 6. The fourth-order valence-electron chi connectivity index (χ4n) is 17.2. The molecule has 9 aromatic rings. The number of nitrogens with zero attached hydrogens (tertiary/aromatic N) is 9. The predicted molar refractivity (Wildman–Crippen MR) is 423 cm³/mol. The van der Waals surface area contributed by atoms with Crippen LogP contribution in [0.25, 0.3) is 34.2 Å². The average molecular weight is 1500 g/mol. The molecule has 0 spiro atoms. The number of anilines is 3. The van der Waals surface area contributed by atoms with E-state index in [-0.39, 0.29) is 48.7 Å². The summed E-state index contributed by atoms with van der Waals surface area (Å²) in [5.74, 6) is 4.29. The summed E-state index contributed by atoms with van der Waals surface area (Å²) in [4.78, 5) is 0. The Labute approximate surface area is 616 Å². The second-order valence-corrected chi connectivity index (χ2v) is 55.4. The maximum atomic E-state index is 2.73. The Hall–Kier alpha value is -5.61. The molecule has 0 atom stereocenters. The fraction of sp³-hybridized carbons (Fsp3) is 0.483. The van der Waals surface area contributed by atoms with Crippen molar-refractivity contribution in [2.45, 2.75) is 255 Å². The van der Waals surface area contributed by atoms with E-state index in [4.69, 9.17) is 0 Å². The van der Waals surface area contributed by atoms with Crippen LogP contribution >= 0.6 is 0 Å². The number of rotatable bonds is 3. The molecule has 0 fully saturated rings. The molecule has 6 aliphatic rings. The molecule has 0 radical (unpaired) electrons. The molecule has 0 saturated carbocycles. The van der Waals surface area contributed by atoms with Crippen molar-refractivity contribution >= 4 is 82.2 Å². The van der Waals surface area contributed by atoms with Gasteiger partial charge in [0.2, 0.25) is 0 Å². The summed E-state index contributed by atoms with van der Waals surface area (Å²) in [5.41, 5.74) is 27.4. The van der Waals surface area contributed by atoms with Crippen LogP contribution in [0.3, 0.4) is 0 Å². The second kappa shape index (κ2) is 23.7. The van der Waals surface area contributed by atoms with Crippen molar-refractivity contribution in [3.8, 4) is 34.2 Å². The van der Waals surface area contributed by atoms with Gasteiger partial charge in [0.15, 0.2) is 0 Å². The van der Waals surface area contributed by atoms with E-state index in [0.717, 1.165) is 19.6 Å². The molecule has 6 aromatic carbocycles. The van der Waals surface area contributed by atoms with Gasteiger partial charge in [0.05, 0.1) is 11.8 Å². The van der Waals surface area contributed by atoms with Crippen LogP contribution in [-0.4, -0.2) is 83.8 Å². The number of benzene rings is 6. The van der Waals surface area contributed by atoms with Crippen molar-refractivity contribution < 1.29 is 13.7 Å². The number of hydrogen-bond acceptors (Lipinski definition) is 3. The summed E-state index contributed by atoms with van der Waals surface area (Å²) in [5, 5.41) is 0. The van der Waals surface area contributed by atoms with Gasteiger partial charge in [-0.3, -0.25) is 0 Å². The average Bonchev–Trinajstić information content (AvgIpc) is 1.64. The first-order valence-electron chi connectivity index (χ1n) is 37.0. The van der Waals surface area contributed by atoms with Gasteiger partial charge in [0.1, 0.15) is 12.7 Å². The minimum absolute atomic E-state index is 0.0655. The van der Waals surface area contributed by atoms with Crippen LogP contribution in [-0.2, 0) is 68.4 Å². The van der Waals surface area contributed by atoms with E-state index < -0.39 is 53.3 Å². The molecule has 0 aliphatic carbocycles. The van der Waals surface area contributed by atoms with Gasteiger partial charge in [-0.05, 0) is 50.5 Å². The zero-order valence-corrected chi connectivity index (χ0v) is 73.4. The predicted octanol–water partition coefficient (Wildman–Crippen LogP) is 16.2. The standard InChI is InChI=1S/3C18H29.3C11H10N3.Al.Ga.In/c3*1-16(2,3)13-10-14(17(4,5)6)12-15(11-13)18(7,8)9;3*1-12-9-4-2-3-8-7-14-6-5-13-11(14)10(8)9;;;/h3*10-11H,1-9H3;3*2-6H,7H2,1H3;;;/q;;;3*-1;3*+2. The van der Waals surface area contributed by atoms with Crippen LogP contribution in [0.15, 0.2) is 128 Å². The van der Waals surface area contributed by atoms with Gasteiger partial charge in [-0.1, -0.05) is 86.6 Å². The van der Waals surface area contributed by atoms with Crippen molar-refractivity contribution in [1.29, 1.82) is 0 Å². The number of hydrogen-bond donors (Lipinski definition) is 0. The molecule has 9 heterocycles. The summed E-state index contributed by atoms with van der Waals surface area (Å²) in [7, 11) is 7.08. The van der Waals surface area contributed by atoms with E-state index in [1.807, 2.05) is 0 Å². The summed E-state index contributed by atoms with van der Waals surface area (Å²) < 4.78 is 28.5. The SMILES string of the molecule is C[N]1c2cccc3c2-c2[n](cc[n+]2C3)[Al]1[c]1c(C(C)(C)C)cc(C(C)(C)C)cc1C(C)(C)C.C[N]1c2cccc3c2-c2[n](cc[n+]2C3)[Ga]1[c]1c(C(C)(C)C)cc(C(C)(C)C)cc1C(C)(C)C.C[N]1c2cccc3c2-c2[n](cc[n+]2C3)[In]1[c]1c(C(C)(C)C)cc(C(C)(C)C)cc1C(C)(C)C. The molecule has 0 N–H and O–H groups in total.